The van der Waals surface area contributed by atoms with Crippen molar-refractivity contribution < 1.29 is 14.3 Å². The molecule has 1 N–H and O–H groups in total. The number of thiocarbonyl (C=S) groups is 1. The Hall–Kier alpha value is -2.41. The van der Waals surface area contributed by atoms with Gasteiger partial charge in [0.05, 0.1) is 18.2 Å². The lowest BCUT2D eigenvalue weighted by Gasteiger charge is -2.37. The fourth-order valence-electron chi connectivity index (χ4n) is 3.10. The average molecular weight is 417 g/mol. The van der Waals surface area contributed by atoms with Crippen LogP contribution in [0.1, 0.15) is 18.5 Å². The minimum atomic E-state index is -0.431. The molecule has 1 unspecified atom stereocenters. The molecule has 146 valence electrons. The molecule has 7 heteroatoms. The van der Waals surface area contributed by atoms with Crippen LogP contribution in [-0.2, 0) is 14.3 Å². The van der Waals surface area contributed by atoms with E-state index < -0.39 is 12.0 Å². The second-order valence-electron chi connectivity index (χ2n) is 6.23. The molecule has 1 atom stereocenters. The van der Waals surface area contributed by atoms with E-state index in [1.165, 1.54) is 0 Å². The molecule has 1 aliphatic heterocycles. The zero-order valence-electron chi connectivity index (χ0n) is 15.6. The summed E-state index contributed by atoms with van der Waals surface area (Å²) < 4.78 is 10.4. The number of nitrogens with one attached hydrogen (secondary N) is 1. The molecule has 0 bridgehead atoms. The highest BCUT2D eigenvalue weighted by molar-refractivity contribution is 7.80. The summed E-state index contributed by atoms with van der Waals surface area (Å²) in [6.45, 7) is 2.38. The van der Waals surface area contributed by atoms with E-state index in [1.807, 2.05) is 54.3 Å². The van der Waals surface area contributed by atoms with Gasteiger partial charge in [-0.25, -0.2) is 4.79 Å². The van der Waals surface area contributed by atoms with Crippen LogP contribution >= 0.6 is 23.8 Å². The largest absolute Gasteiger partial charge is 0.460 e. The highest BCUT2D eigenvalue weighted by Crippen LogP contribution is 2.34. The number of rotatable bonds is 6. The molecule has 2 aromatic rings. The molecule has 0 fully saturated rings. The predicted octanol–water partition coefficient (Wildman–Crippen LogP) is 4.24. The summed E-state index contributed by atoms with van der Waals surface area (Å²) in [5, 5.41) is 4.41. The summed E-state index contributed by atoms with van der Waals surface area (Å²) in [6.07, 6.45) is 0. The molecule has 28 heavy (non-hydrogen) atoms. The zero-order chi connectivity index (χ0) is 20.1. The number of esters is 1. The van der Waals surface area contributed by atoms with Crippen LogP contribution in [0, 0.1) is 0 Å². The predicted molar refractivity (Wildman–Crippen MR) is 114 cm³/mol. The number of carbonyl (C=O) groups is 1. The number of methoxy groups -OCH3 is 1. The molecule has 0 saturated heterocycles. The standard InChI is InChI=1S/C21H21ClN2O3S/c1-14-18(20(25)27-13-12-26-2)19(15-8-10-16(22)11-9-15)23-21(28)24(14)17-6-4-3-5-7-17/h3-11,19H,12-13H2,1-2H3,(H,23,28). The van der Waals surface area contributed by atoms with Gasteiger partial charge in [-0.1, -0.05) is 41.9 Å². The Morgan fingerprint density at radius 3 is 2.46 bits per heavy atom. The highest BCUT2D eigenvalue weighted by Gasteiger charge is 2.35. The van der Waals surface area contributed by atoms with Gasteiger partial charge in [0.2, 0.25) is 0 Å². The quantitative estimate of drug-likeness (QED) is 0.432. The van der Waals surface area contributed by atoms with Crippen molar-refractivity contribution in [3.8, 4) is 0 Å². The second kappa shape index (κ2) is 9.19. The van der Waals surface area contributed by atoms with Crippen molar-refractivity contribution in [2.24, 2.45) is 0 Å². The van der Waals surface area contributed by atoms with Gasteiger partial charge in [0.15, 0.2) is 5.11 Å². The molecule has 0 spiro atoms. The maximum Gasteiger partial charge on any atom is 0.338 e. The summed E-state index contributed by atoms with van der Waals surface area (Å²) in [4.78, 5) is 14.8. The van der Waals surface area contributed by atoms with E-state index in [4.69, 9.17) is 33.3 Å². The monoisotopic (exact) mass is 416 g/mol. The Balaban J connectivity index is 2.04. The molecule has 3 rings (SSSR count). The highest BCUT2D eigenvalue weighted by atomic mass is 35.5. The number of hydrogen-bond donors (Lipinski definition) is 1. The smallest absolute Gasteiger partial charge is 0.338 e. The number of para-hydroxylation sites is 1. The summed E-state index contributed by atoms with van der Waals surface area (Å²) in [6, 6.07) is 16.5. The first-order chi connectivity index (χ1) is 13.5. The Kier molecular flexibility index (Phi) is 6.67. The number of allylic oxidation sites excluding steroid dienone is 1. The average Bonchev–Trinajstić information content (AvgIpc) is 2.69. The van der Waals surface area contributed by atoms with Gasteiger partial charge in [-0.2, -0.15) is 0 Å². The summed E-state index contributed by atoms with van der Waals surface area (Å²) in [7, 11) is 1.56. The number of halogens is 1. The topological polar surface area (TPSA) is 50.8 Å². The molecule has 1 aliphatic rings. The van der Waals surface area contributed by atoms with Crippen LogP contribution in [0.15, 0.2) is 65.9 Å². The van der Waals surface area contributed by atoms with Crippen molar-refractivity contribution in [2.75, 3.05) is 25.2 Å². The van der Waals surface area contributed by atoms with Gasteiger partial charge in [-0.3, -0.25) is 4.90 Å². The van der Waals surface area contributed by atoms with Crippen LogP contribution in [0.25, 0.3) is 0 Å². The number of ether oxygens (including phenoxy) is 2. The molecule has 0 amide bonds. The van der Waals surface area contributed by atoms with Gasteiger partial charge in [-0.15, -0.1) is 0 Å². The third-order valence-electron chi connectivity index (χ3n) is 4.44. The minimum absolute atomic E-state index is 0.176. The van der Waals surface area contributed by atoms with Crippen LogP contribution in [0.2, 0.25) is 5.02 Å². The van der Waals surface area contributed by atoms with Gasteiger partial charge in [0.25, 0.3) is 0 Å². The van der Waals surface area contributed by atoms with Crippen molar-refractivity contribution in [3.05, 3.63) is 76.5 Å². The van der Waals surface area contributed by atoms with E-state index >= 15 is 0 Å². The number of nitrogens with zero attached hydrogens (tertiary/aromatic N) is 1. The van der Waals surface area contributed by atoms with Crippen LogP contribution in [0.4, 0.5) is 5.69 Å². The van der Waals surface area contributed by atoms with E-state index in [1.54, 1.807) is 19.2 Å². The third-order valence-corrected chi connectivity index (χ3v) is 5.00. The first-order valence-electron chi connectivity index (χ1n) is 8.81. The fourth-order valence-corrected chi connectivity index (χ4v) is 3.58. The lowest BCUT2D eigenvalue weighted by molar-refractivity contribution is -0.140. The molecular weight excluding hydrogens is 396 g/mol. The number of anilines is 1. The van der Waals surface area contributed by atoms with Crippen LogP contribution in [0.5, 0.6) is 0 Å². The van der Waals surface area contributed by atoms with Gasteiger partial charge in [0.1, 0.15) is 6.61 Å². The number of benzene rings is 2. The Labute approximate surface area is 174 Å². The maximum atomic E-state index is 12.9. The lowest BCUT2D eigenvalue weighted by atomic mass is 9.95. The summed E-state index contributed by atoms with van der Waals surface area (Å²) in [5.41, 5.74) is 2.96. The van der Waals surface area contributed by atoms with E-state index in [0.29, 0.717) is 22.3 Å². The molecule has 1 heterocycles. The number of hydrogen-bond acceptors (Lipinski definition) is 4. The van der Waals surface area contributed by atoms with Gasteiger partial charge in [0, 0.05) is 23.5 Å². The Morgan fingerprint density at radius 2 is 1.82 bits per heavy atom. The van der Waals surface area contributed by atoms with Gasteiger partial charge >= 0.3 is 5.97 Å². The molecule has 0 radical (unpaired) electrons. The second-order valence-corrected chi connectivity index (χ2v) is 7.06. The summed E-state index contributed by atoms with van der Waals surface area (Å²) in [5.74, 6) is -0.412. The molecule has 0 aliphatic carbocycles. The zero-order valence-corrected chi connectivity index (χ0v) is 17.2. The van der Waals surface area contributed by atoms with Gasteiger partial charge < -0.3 is 14.8 Å². The van der Waals surface area contributed by atoms with E-state index in [2.05, 4.69) is 5.32 Å². The molecule has 0 saturated carbocycles. The SMILES string of the molecule is COCCOC(=O)C1=C(C)N(c2ccccc2)C(=S)NC1c1ccc(Cl)cc1. The maximum absolute atomic E-state index is 12.9. The fraction of sp³-hybridized carbons (Fsp3) is 0.238. The Morgan fingerprint density at radius 1 is 1.14 bits per heavy atom. The molecule has 2 aromatic carbocycles. The summed E-state index contributed by atoms with van der Waals surface area (Å²) >= 11 is 11.6. The third kappa shape index (κ3) is 4.35. The van der Waals surface area contributed by atoms with Crippen LogP contribution in [-0.4, -0.2) is 31.4 Å². The van der Waals surface area contributed by atoms with Crippen LogP contribution < -0.4 is 10.2 Å². The van der Waals surface area contributed by atoms with Crippen molar-refractivity contribution in [2.45, 2.75) is 13.0 Å². The number of carbonyl (C=O) groups excluding carboxylic acids is 1. The van der Waals surface area contributed by atoms with Gasteiger partial charge in [-0.05, 0) is 49.0 Å². The van der Waals surface area contributed by atoms with Crippen molar-refractivity contribution in [1.82, 2.24) is 5.32 Å². The first-order valence-corrected chi connectivity index (χ1v) is 9.59. The van der Waals surface area contributed by atoms with E-state index in [9.17, 15) is 4.79 Å². The normalized spacial score (nSPS) is 16.8. The first kappa shape index (κ1) is 20.3. The molecular formula is C21H21ClN2O3S. The van der Waals surface area contributed by atoms with E-state index in [0.717, 1.165) is 16.9 Å². The molecule has 5 nitrogen and oxygen atoms in total. The lowest BCUT2D eigenvalue weighted by Crippen LogP contribution is -2.48. The molecule has 0 aromatic heterocycles. The minimum Gasteiger partial charge on any atom is -0.460 e. The van der Waals surface area contributed by atoms with Crippen molar-refractivity contribution >= 4 is 40.6 Å². The van der Waals surface area contributed by atoms with Crippen molar-refractivity contribution in [3.63, 3.8) is 0 Å². The van der Waals surface area contributed by atoms with Crippen LogP contribution in [0.3, 0.4) is 0 Å². The Bertz CT molecular complexity index is 884. The van der Waals surface area contributed by atoms with Crippen molar-refractivity contribution in [1.29, 1.82) is 0 Å². The van der Waals surface area contributed by atoms with E-state index in [-0.39, 0.29) is 6.61 Å².